The van der Waals surface area contributed by atoms with Crippen LogP contribution in [0.1, 0.15) is 15.9 Å². The number of para-hydroxylation sites is 1. The SMILES string of the molecule is O=C(N/N=C/N1C=c2cnoc2=CC1)c1c[nH]c2c(C(F)(F)F)cccc2c1=O. The number of benzene rings is 1. The Labute approximate surface area is 159 Å². The minimum absolute atomic E-state index is 0.240. The predicted molar refractivity (Wildman–Crippen MR) is 96.9 cm³/mol. The van der Waals surface area contributed by atoms with Gasteiger partial charge in [0.15, 0.2) is 5.42 Å². The third-order valence-corrected chi connectivity index (χ3v) is 4.26. The number of hydrogen-bond donors (Lipinski definition) is 2. The molecule has 1 aliphatic heterocycles. The normalized spacial score (nSPS) is 13.8. The summed E-state index contributed by atoms with van der Waals surface area (Å²) in [6.07, 6.45) is 2.61. The second-order valence-electron chi connectivity index (χ2n) is 6.12. The maximum Gasteiger partial charge on any atom is 0.418 e. The van der Waals surface area contributed by atoms with Crippen molar-refractivity contribution in [2.24, 2.45) is 5.10 Å². The van der Waals surface area contributed by atoms with Crippen LogP contribution in [0.25, 0.3) is 23.2 Å². The number of alkyl halides is 3. The molecule has 2 aromatic heterocycles. The summed E-state index contributed by atoms with van der Waals surface area (Å²) in [7, 11) is 0. The molecular formula is C18H12F3N5O3. The predicted octanol–water partition coefficient (Wildman–Crippen LogP) is 0.742. The van der Waals surface area contributed by atoms with Crippen LogP contribution < -0.4 is 21.5 Å². The minimum Gasteiger partial charge on any atom is -0.360 e. The van der Waals surface area contributed by atoms with Crippen LogP contribution in [0.3, 0.4) is 0 Å². The molecule has 29 heavy (non-hydrogen) atoms. The van der Waals surface area contributed by atoms with Gasteiger partial charge in [-0.1, -0.05) is 11.2 Å². The van der Waals surface area contributed by atoms with E-state index in [-0.39, 0.29) is 16.5 Å². The number of nitrogens with zero attached hydrogens (tertiary/aromatic N) is 3. The quantitative estimate of drug-likeness (QED) is 0.382. The minimum atomic E-state index is -4.64. The van der Waals surface area contributed by atoms with Crippen LogP contribution >= 0.6 is 0 Å². The van der Waals surface area contributed by atoms with Crippen LogP contribution in [0, 0.1) is 0 Å². The Morgan fingerprint density at radius 3 is 3.00 bits per heavy atom. The summed E-state index contributed by atoms with van der Waals surface area (Å²) in [5.74, 6) is -0.853. The Morgan fingerprint density at radius 2 is 2.21 bits per heavy atom. The van der Waals surface area contributed by atoms with E-state index in [9.17, 15) is 22.8 Å². The number of H-pyrrole nitrogens is 1. The third-order valence-electron chi connectivity index (χ3n) is 4.26. The molecule has 0 saturated carbocycles. The Balaban J connectivity index is 1.56. The van der Waals surface area contributed by atoms with Gasteiger partial charge in [0.25, 0.3) is 5.91 Å². The molecule has 0 bridgehead atoms. The number of hydrazone groups is 1. The molecule has 0 radical (unpaired) electrons. The maximum absolute atomic E-state index is 13.1. The molecule has 0 fully saturated rings. The van der Waals surface area contributed by atoms with Crippen molar-refractivity contribution in [2.75, 3.05) is 6.54 Å². The van der Waals surface area contributed by atoms with Crippen LogP contribution in [0.4, 0.5) is 13.2 Å². The number of pyridine rings is 1. The van der Waals surface area contributed by atoms with Crippen molar-refractivity contribution in [3.05, 3.63) is 62.6 Å². The van der Waals surface area contributed by atoms with E-state index in [0.717, 1.165) is 23.5 Å². The largest absolute Gasteiger partial charge is 0.418 e. The lowest BCUT2D eigenvalue weighted by molar-refractivity contribution is -0.136. The van der Waals surface area contributed by atoms with Gasteiger partial charge in [-0.25, -0.2) is 5.43 Å². The second-order valence-corrected chi connectivity index (χ2v) is 6.12. The molecule has 3 aromatic rings. The van der Waals surface area contributed by atoms with E-state index < -0.39 is 23.1 Å². The summed E-state index contributed by atoms with van der Waals surface area (Å²) in [6.45, 7) is 0.429. The van der Waals surface area contributed by atoms with Gasteiger partial charge < -0.3 is 14.4 Å². The molecule has 8 nitrogen and oxygen atoms in total. The highest BCUT2D eigenvalue weighted by Gasteiger charge is 2.33. The number of carbonyl (C=O) groups excluding carboxylic acids is 1. The number of aromatic amines is 1. The van der Waals surface area contributed by atoms with Gasteiger partial charge in [-0.15, -0.1) is 0 Å². The zero-order valence-electron chi connectivity index (χ0n) is 14.5. The van der Waals surface area contributed by atoms with Crippen LogP contribution in [-0.4, -0.2) is 33.8 Å². The number of nitrogens with one attached hydrogen (secondary N) is 2. The van der Waals surface area contributed by atoms with Crippen LogP contribution in [0.5, 0.6) is 0 Å². The van der Waals surface area contributed by atoms with Gasteiger partial charge in [0, 0.05) is 24.3 Å². The topological polar surface area (TPSA) is 104 Å². The van der Waals surface area contributed by atoms with E-state index in [1.807, 2.05) is 0 Å². The monoisotopic (exact) mass is 403 g/mol. The van der Waals surface area contributed by atoms with Crippen LogP contribution in [0.2, 0.25) is 0 Å². The Hall–Kier alpha value is -3.89. The van der Waals surface area contributed by atoms with Crippen LogP contribution in [0.15, 0.2) is 45.0 Å². The smallest absolute Gasteiger partial charge is 0.360 e. The lowest BCUT2D eigenvalue weighted by Crippen LogP contribution is -2.33. The molecule has 0 aliphatic carbocycles. The Morgan fingerprint density at radius 1 is 1.38 bits per heavy atom. The number of hydrogen-bond acceptors (Lipinski definition) is 5. The Bertz CT molecular complexity index is 1310. The maximum atomic E-state index is 13.1. The first-order valence-electron chi connectivity index (χ1n) is 8.28. The lowest BCUT2D eigenvalue weighted by atomic mass is 10.1. The summed E-state index contributed by atoms with van der Waals surface area (Å²) in [5, 5.41) is 7.92. The average molecular weight is 403 g/mol. The molecule has 0 spiro atoms. The van der Waals surface area contributed by atoms with Gasteiger partial charge in [0.05, 0.1) is 22.5 Å². The molecule has 0 unspecified atom stereocenters. The molecule has 1 aromatic carbocycles. The van der Waals surface area contributed by atoms with Gasteiger partial charge >= 0.3 is 6.18 Å². The number of aromatic nitrogens is 2. The van der Waals surface area contributed by atoms with Crippen molar-refractivity contribution in [1.29, 1.82) is 0 Å². The van der Waals surface area contributed by atoms with Gasteiger partial charge in [-0.3, -0.25) is 9.59 Å². The third kappa shape index (κ3) is 3.49. The van der Waals surface area contributed by atoms with Crippen molar-refractivity contribution >= 4 is 35.4 Å². The number of rotatable bonds is 3. The second kappa shape index (κ2) is 6.93. The standard InChI is InChI=1S/C18H12F3N5O3/c19-18(20,21)13-3-1-2-11-15(13)22-7-12(16(11)27)17(28)25-23-9-26-5-4-14-10(8-26)6-24-29-14/h1-4,6-9H,5H2,(H,22,27)(H,25,28)/b23-9+. The lowest BCUT2D eigenvalue weighted by Gasteiger charge is -2.13. The zero-order chi connectivity index (χ0) is 20.6. The first-order valence-corrected chi connectivity index (χ1v) is 8.28. The molecule has 1 amide bonds. The highest BCUT2D eigenvalue weighted by Crippen LogP contribution is 2.32. The molecule has 11 heteroatoms. The van der Waals surface area contributed by atoms with E-state index >= 15 is 0 Å². The molecule has 1 aliphatic rings. The molecule has 3 heterocycles. The fourth-order valence-electron chi connectivity index (χ4n) is 2.89. The van der Waals surface area contributed by atoms with Crippen molar-refractivity contribution < 1.29 is 22.5 Å². The summed E-state index contributed by atoms with van der Waals surface area (Å²) >= 11 is 0. The number of fused-ring (bicyclic) bond motifs is 2. The van der Waals surface area contributed by atoms with Crippen molar-refractivity contribution in [1.82, 2.24) is 20.5 Å². The first kappa shape index (κ1) is 18.5. The molecule has 0 atom stereocenters. The fraction of sp³-hybridized carbons (Fsp3) is 0.111. The summed E-state index contributed by atoms with van der Waals surface area (Å²) in [5.41, 5.74) is 0.261. The van der Waals surface area contributed by atoms with Crippen molar-refractivity contribution in [3.63, 3.8) is 0 Å². The molecular weight excluding hydrogens is 391 g/mol. The van der Waals surface area contributed by atoms with Crippen molar-refractivity contribution in [2.45, 2.75) is 6.18 Å². The number of halogens is 3. The van der Waals surface area contributed by atoms with Crippen molar-refractivity contribution in [3.8, 4) is 0 Å². The molecule has 2 N–H and O–H groups in total. The Kier molecular flexibility index (Phi) is 4.41. The molecule has 0 saturated heterocycles. The van der Waals surface area contributed by atoms with Gasteiger partial charge in [-0.05, 0) is 18.2 Å². The van der Waals surface area contributed by atoms with E-state index in [4.69, 9.17) is 4.52 Å². The van der Waals surface area contributed by atoms with Gasteiger partial charge in [0.1, 0.15) is 11.9 Å². The first-order chi connectivity index (χ1) is 13.8. The number of carbonyl (C=O) groups is 1. The molecule has 148 valence electrons. The van der Waals surface area contributed by atoms with Crippen LogP contribution in [-0.2, 0) is 6.18 Å². The van der Waals surface area contributed by atoms with E-state index in [1.54, 1.807) is 17.2 Å². The van der Waals surface area contributed by atoms with E-state index in [0.29, 0.717) is 12.0 Å². The highest BCUT2D eigenvalue weighted by molar-refractivity contribution is 5.97. The summed E-state index contributed by atoms with van der Waals surface area (Å²) in [4.78, 5) is 28.8. The zero-order valence-corrected chi connectivity index (χ0v) is 14.5. The summed E-state index contributed by atoms with van der Waals surface area (Å²) < 4.78 is 44.2. The van der Waals surface area contributed by atoms with E-state index in [1.165, 1.54) is 18.6 Å². The highest BCUT2D eigenvalue weighted by atomic mass is 19.4. The fourth-order valence-corrected chi connectivity index (χ4v) is 2.89. The van der Waals surface area contributed by atoms with E-state index in [2.05, 4.69) is 20.7 Å². The van der Waals surface area contributed by atoms with Gasteiger partial charge in [-0.2, -0.15) is 18.3 Å². The van der Waals surface area contributed by atoms with Gasteiger partial charge in [0.2, 0.25) is 5.43 Å². The number of amides is 1. The summed E-state index contributed by atoms with van der Waals surface area (Å²) in [6, 6.07) is 3.19. The molecule has 4 rings (SSSR count). The average Bonchev–Trinajstić information content (AvgIpc) is 3.15.